The Kier molecular flexibility index (Phi) is 5.10. The van der Waals surface area contributed by atoms with Gasteiger partial charge in [0.25, 0.3) is 5.95 Å². The summed E-state index contributed by atoms with van der Waals surface area (Å²) in [4.78, 5) is 0. The zero-order chi connectivity index (χ0) is 12.1. The second-order valence-corrected chi connectivity index (χ2v) is 5.22. The fraction of sp³-hybridized carbons (Fsp3) is 0.778. The molecule has 6 heteroatoms. The van der Waals surface area contributed by atoms with Gasteiger partial charge in [-0.25, -0.2) is 3.89 Å². The van der Waals surface area contributed by atoms with Crippen LogP contribution in [-0.2, 0) is 14.8 Å². The maximum Gasteiger partial charge on any atom is 0.327 e. The van der Waals surface area contributed by atoms with Crippen LogP contribution in [0.3, 0.4) is 0 Å². The number of nitrogens with zero attached hydrogens (tertiary/aromatic N) is 1. The van der Waals surface area contributed by atoms with Gasteiger partial charge in [0, 0.05) is 0 Å². The van der Waals surface area contributed by atoms with Crippen molar-refractivity contribution in [3.63, 3.8) is 0 Å². The summed E-state index contributed by atoms with van der Waals surface area (Å²) in [5, 5.41) is 9.87. The Morgan fingerprint density at radius 1 is 1.27 bits per heavy atom. The Morgan fingerprint density at radius 3 is 1.93 bits per heavy atom. The molecular weight excluding hydrogens is 218 g/mol. The molecule has 0 fully saturated rings. The van der Waals surface area contributed by atoms with Gasteiger partial charge in [0.2, 0.25) is 0 Å². The minimum absolute atomic E-state index is 0.0829. The summed E-state index contributed by atoms with van der Waals surface area (Å²) in [5.74, 6) is -0.576. The molecule has 5 nitrogen and oxygen atoms in total. The molecule has 0 aromatic carbocycles. The van der Waals surface area contributed by atoms with Crippen molar-refractivity contribution in [3.8, 4) is 0 Å². The van der Waals surface area contributed by atoms with Crippen LogP contribution in [0.4, 0.5) is 0 Å². The van der Waals surface area contributed by atoms with E-state index in [1.165, 1.54) is 7.11 Å². The van der Waals surface area contributed by atoms with Crippen molar-refractivity contribution in [2.24, 2.45) is 0 Å². The second-order valence-electron chi connectivity index (χ2n) is 3.18. The van der Waals surface area contributed by atoms with Gasteiger partial charge in [0.1, 0.15) is 0 Å². The molecular formula is C9H20NO4S+. The summed E-state index contributed by atoms with van der Waals surface area (Å²) < 4.78 is 28.3. The minimum Gasteiger partial charge on any atom is -0.480 e. The number of sulfonamides is 1. The maximum absolute atomic E-state index is 12.0. The van der Waals surface area contributed by atoms with Crippen molar-refractivity contribution in [1.29, 1.82) is 0 Å². The first-order valence-electron chi connectivity index (χ1n) is 4.95. The molecule has 90 valence electrons. The first-order chi connectivity index (χ1) is 6.89. The molecule has 0 saturated carbocycles. The molecule has 0 saturated heterocycles. The highest BCUT2D eigenvalue weighted by Gasteiger charge is 2.36. The molecule has 0 bridgehead atoms. The Morgan fingerprint density at radius 2 is 1.67 bits per heavy atom. The van der Waals surface area contributed by atoms with Crippen LogP contribution >= 0.6 is 0 Å². The number of quaternary nitrogens is 1. The Bertz CT molecular complexity index is 309. The summed E-state index contributed by atoms with van der Waals surface area (Å²) in [7, 11) is -2.32. The number of ether oxygens (including phenoxy) is 1. The second kappa shape index (κ2) is 5.37. The standard InChI is InChI=1S/C9H19NO4S/c1-5-10(6-2,7-3)15(12,13)8-9(11)14-4/h8H,5-7H2,1-4H3/p+1/b9-8+. The van der Waals surface area contributed by atoms with Crippen molar-refractivity contribution < 1.29 is 22.1 Å². The van der Waals surface area contributed by atoms with E-state index >= 15 is 0 Å². The molecule has 0 rings (SSSR count). The average Bonchev–Trinajstić information content (AvgIpc) is 2.20. The SMILES string of the molecule is CC[N+](CC)(CC)S(=O)(=O)/C=C(\O)OC. The number of rotatable bonds is 6. The van der Waals surface area contributed by atoms with Gasteiger partial charge in [0.05, 0.1) is 26.7 Å². The van der Waals surface area contributed by atoms with Gasteiger partial charge in [0.15, 0.2) is 5.41 Å². The predicted octanol–water partition coefficient (Wildman–Crippen LogP) is 1.20. The third kappa shape index (κ3) is 2.85. The Labute approximate surface area is 91.6 Å². The van der Waals surface area contributed by atoms with Crippen molar-refractivity contribution in [2.45, 2.75) is 20.8 Å². The van der Waals surface area contributed by atoms with E-state index in [9.17, 15) is 8.42 Å². The van der Waals surface area contributed by atoms with Crippen LogP contribution in [0.15, 0.2) is 11.4 Å². The highest BCUT2D eigenvalue weighted by atomic mass is 32.2. The number of hydrogen-bond acceptors (Lipinski definition) is 4. The molecule has 0 aromatic rings. The lowest BCUT2D eigenvalue weighted by molar-refractivity contribution is -0.799. The largest absolute Gasteiger partial charge is 0.480 e. The van der Waals surface area contributed by atoms with Gasteiger partial charge >= 0.3 is 10.0 Å². The van der Waals surface area contributed by atoms with Crippen molar-refractivity contribution in [2.75, 3.05) is 26.7 Å². The third-order valence-corrected chi connectivity index (χ3v) is 5.08. The summed E-state index contributed by atoms with van der Waals surface area (Å²) in [5.41, 5.74) is 0. The van der Waals surface area contributed by atoms with Crippen LogP contribution in [0, 0.1) is 0 Å². The highest BCUT2D eigenvalue weighted by Crippen LogP contribution is 2.17. The van der Waals surface area contributed by atoms with E-state index in [0.29, 0.717) is 19.6 Å². The van der Waals surface area contributed by atoms with Gasteiger partial charge in [-0.05, 0) is 20.8 Å². The summed E-state index contributed by atoms with van der Waals surface area (Å²) in [6.45, 7) is 6.81. The fourth-order valence-corrected chi connectivity index (χ4v) is 3.15. The lowest BCUT2D eigenvalue weighted by Crippen LogP contribution is -2.51. The van der Waals surface area contributed by atoms with Crippen LogP contribution in [0.1, 0.15) is 20.8 Å². The zero-order valence-corrected chi connectivity index (χ0v) is 10.5. The molecule has 15 heavy (non-hydrogen) atoms. The minimum atomic E-state index is -3.55. The molecule has 0 aliphatic carbocycles. The van der Waals surface area contributed by atoms with Gasteiger partial charge in [-0.1, -0.05) is 0 Å². The zero-order valence-electron chi connectivity index (χ0n) is 9.73. The number of hydrogen-bond donors (Lipinski definition) is 1. The molecule has 1 N–H and O–H groups in total. The smallest absolute Gasteiger partial charge is 0.327 e. The Balaban J connectivity index is 5.33. The van der Waals surface area contributed by atoms with Crippen molar-refractivity contribution in [3.05, 3.63) is 11.4 Å². The van der Waals surface area contributed by atoms with E-state index < -0.39 is 16.0 Å². The summed E-state index contributed by atoms with van der Waals surface area (Å²) in [6.07, 6.45) is 0. The van der Waals surface area contributed by atoms with Gasteiger partial charge in [-0.15, -0.1) is 0 Å². The molecule has 0 aliphatic rings. The number of methoxy groups -OCH3 is 1. The normalized spacial score (nSPS) is 14.0. The van der Waals surface area contributed by atoms with Crippen molar-refractivity contribution in [1.82, 2.24) is 0 Å². The molecule has 0 aliphatic heterocycles. The fourth-order valence-electron chi connectivity index (χ4n) is 1.50. The molecule has 0 amide bonds. The third-order valence-electron chi connectivity index (χ3n) is 2.73. The lowest BCUT2D eigenvalue weighted by Gasteiger charge is -2.32. The van der Waals surface area contributed by atoms with E-state index in [4.69, 9.17) is 5.11 Å². The van der Waals surface area contributed by atoms with E-state index in [1.54, 1.807) is 0 Å². The lowest BCUT2D eigenvalue weighted by atomic mass is 10.5. The van der Waals surface area contributed by atoms with Crippen LogP contribution in [-0.4, -0.2) is 44.2 Å². The van der Waals surface area contributed by atoms with Crippen LogP contribution < -0.4 is 0 Å². The Hall–Kier alpha value is -0.750. The summed E-state index contributed by atoms with van der Waals surface area (Å²) in [6, 6.07) is 0. The van der Waals surface area contributed by atoms with Crippen molar-refractivity contribution >= 4 is 10.0 Å². The first-order valence-corrected chi connectivity index (χ1v) is 6.45. The molecule has 0 aromatic heterocycles. The summed E-state index contributed by atoms with van der Waals surface area (Å²) >= 11 is 0. The van der Waals surface area contributed by atoms with Gasteiger partial charge < -0.3 is 9.84 Å². The molecule has 0 radical (unpaired) electrons. The molecule has 0 spiro atoms. The molecule has 0 unspecified atom stereocenters. The van der Waals surface area contributed by atoms with E-state index in [1.807, 2.05) is 20.8 Å². The number of aliphatic hydroxyl groups is 1. The number of aliphatic hydroxyl groups excluding tert-OH is 1. The van der Waals surface area contributed by atoms with Crippen LogP contribution in [0.5, 0.6) is 0 Å². The van der Waals surface area contributed by atoms with Crippen LogP contribution in [0.25, 0.3) is 0 Å². The first kappa shape index (κ1) is 14.2. The topological polar surface area (TPSA) is 63.6 Å². The highest BCUT2D eigenvalue weighted by molar-refractivity contribution is 7.88. The molecule has 0 heterocycles. The van der Waals surface area contributed by atoms with E-state index in [0.717, 1.165) is 5.41 Å². The monoisotopic (exact) mass is 238 g/mol. The van der Waals surface area contributed by atoms with Gasteiger partial charge in [-0.3, -0.25) is 0 Å². The van der Waals surface area contributed by atoms with Gasteiger partial charge in [-0.2, -0.15) is 8.42 Å². The van der Waals surface area contributed by atoms with E-state index in [2.05, 4.69) is 4.74 Å². The molecule has 0 atom stereocenters. The van der Waals surface area contributed by atoms with E-state index in [-0.39, 0.29) is 3.89 Å². The average molecular weight is 238 g/mol. The maximum atomic E-state index is 12.0. The van der Waals surface area contributed by atoms with Crippen LogP contribution in [0.2, 0.25) is 0 Å². The predicted molar refractivity (Wildman–Crippen MR) is 58.5 cm³/mol. The quantitative estimate of drug-likeness (QED) is 0.558.